The van der Waals surface area contributed by atoms with Crippen LogP contribution in [0.15, 0.2) is 30.3 Å². The molecule has 2 rings (SSSR count). The van der Waals surface area contributed by atoms with Crippen molar-refractivity contribution in [1.82, 2.24) is 0 Å². The van der Waals surface area contributed by atoms with Crippen LogP contribution in [0, 0.1) is 5.41 Å². The minimum Gasteiger partial charge on any atom is -0.481 e. The fourth-order valence-corrected chi connectivity index (χ4v) is 2.47. The number of carbonyl (C=O) groups is 2. The van der Waals surface area contributed by atoms with Crippen molar-refractivity contribution in [3.05, 3.63) is 35.9 Å². The normalized spacial score (nSPS) is 27.5. The molecular weight excluding hydrogens is 236 g/mol. The summed E-state index contributed by atoms with van der Waals surface area (Å²) in [6, 6.07) is 9.00. The van der Waals surface area contributed by atoms with Crippen molar-refractivity contribution in [2.75, 3.05) is 0 Å². The van der Waals surface area contributed by atoms with Gasteiger partial charge in [-0.2, -0.15) is 0 Å². The quantitative estimate of drug-likeness (QED) is 0.726. The Morgan fingerprint density at radius 2 is 1.89 bits per heavy atom. The zero-order valence-electron chi connectivity index (χ0n) is 9.61. The van der Waals surface area contributed by atoms with Crippen LogP contribution in [0.5, 0.6) is 0 Å². The Bertz CT molecular complexity index is 470. The molecule has 1 fully saturated rings. The standard InChI is InChI=1S/C13H14O5/c14-10(6-11(15)16)13(12(17)18)7-9(13)8-4-2-1-3-5-8/h1-5,9-10,14H,6-7H2,(H,15,16)(H,17,18)/t9?,10-,13?/m1/s1. The van der Waals surface area contributed by atoms with Crippen LogP contribution in [0.2, 0.25) is 0 Å². The third-order valence-corrected chi connectivity index (χ3v) is 3.57. The second-order valence-corrected chi connectivity index (χ2v) is 4.63. The molecule has 3 atom stereocenters. The molecule has 0 aliphatic heterocycles. The van der Waals surface area contributed by atoms with E-state index in [4.69, 9.17) is 5.11 Å². The van der Waals surface area contributed by atoms with E-state index in [0.29, 0.717) is 0 Å². The van der Waals surface area contributed by atoms with Gasteiger partial charge in [-0.25, -0.2) is 0 Å². The Kier molecular flexibility index (Phi) is 3.09. The Hall–Kier alpha value is -1.88. The monoisotopic (exact) mass is 250 g/mol. The van der Waals surface area contributed by atoms with Gasteiger partial charge in [-0.1, -0.05) is 30.3 Å². The van der Waals surface area contributed by atoms with E-state index in [1.54, 1.807) is 24.3 Å². The highest BCUT2D eigenvalue weighted by Gasteiger charge is 2.65. The SMILES string of the molecule is O=C(O)C[C@@H](O)C1(C(=O)O)CC1c1ccccc1. The fourth-order valence-electron chi connectivity index (χ4n) is 2.47. The fraction of sp³-hybridized carbons (Fsp3) is 0.385. The summed E-state index contributed by atoms with van der Waals surface area (Å²) >= 11 is 0. The first kappa shape index (κ1) is 12.6. The summed E-state index contributed by atoms with van der Waals surface area (Å²) in [5, 5.41) is 27.8. The van der Waals surface area contributed by atoms with Crippen LogP contribution in [0.3, 0.4) is 0 Å². The third-order valence-electron chi connectivity index (χ3n) is 3.57. The van der Waals surface area contributed by atoms with E-state index in [9.17, 15) is 19.8 Å². The summed E-state index contributed by atoms with van der Waals surface area (Å²) in [6.07, 6.45) is -1.63. The topological polar surface area (TPSA) is 94.8 Å². The van der Waals surface area contributed by atoms with Crippen LogP contribution in [0.1, 0.15) is 24.3 Å². The maximum absolute atomic E-state index is 11.3. The number of hydrogen-bond donors (Lipinski definition) is 3. The zero-order chi connectivity index (χ0) is 13.3. The number of benzene rings is 1. The van der Waals surface area contributed by atoms with Crippen LogP contribution in [0.25, 0.3) is 0 Å². The third kappa shape index (κ3) is 1.97. The van der Waals surface area contributed by atoms with Crippen molar-refractivity contribution >= 4 is 11.9 Å². The lowest BCUT2D eigenvalue weighted by Crippen LogP contribution is -2.33. The first-order chi connectivity index (χ1) is 8.48. The molecule has 5 nitrogen and oxygen atoms in total. The van der Waals surface area contributed by atoms with Gasteiger partial charge in [-0.3, -0.25) is 9.59 Å². The van der Waals surface area contributed by atoms with Gasteiger partial charge in [0.15, 0.2) is 0 Å². The van der Waals surface area contributed by atoms with E-state index in [0.717, 1.165) is 5.56 Å². The smallest absolute Gasteiger partial charge is 0.312 e. The number of rotatable bonds is 5. The van der Waals surface area contributed by atoms with E-state index in [2.05, 4.69) is 0 Å². The highest BCUT2D eigenvalue weighted by molar-refractivity contribution is 5.82. The molecule has 1 aliphatic rings. The van der Waals surface area contributed by atoms with Crippen LogP contribution >= 0.6 is 0 Å². The molecule has 1 saturated carbocycles. The molecule has 3 N–H and O–H groups in total. The van der Waals surface area contributed by atoms with Gasteiger partial charge in [0.25, 0.3) is 0 Å². The number of aliphatic hydroxyl groups excluding tert-OH is 1. The molecule has 0 saturated heterocycles. The van der Waals surface area contributed by atoms with Crippen molar-refractivity contribution in [2.24, 2.45) is 5.41 Å². The molecule has 0 bridgehead atoms. The number of carboxylic acids is 2. The second-order valence-electron chi connectivity index (χ2n) is 4.63. The zero-order valence-corrected chi connectivity index (χ0v) is 9.61. The van der Waals surface area contributed by atoms with Crippen LogP contribution < -0.4 is 0 Å². The Balaban J connectivity index is 2.23. The highest BCUT2D eigenvalue weighted by Crippen LogP contribution is 2.62. The van der Waals surface area contributed by atoms with Gasteiger partial charge < -0.3 is 15.3 Å². The van der Waals surface area contributed by atoms with Crippen molar-refractivity contribution in [3.8, 4) is 0 Å². The van der Waals surface area contributed by atoms with Gasteiger partial charge in [0.1, 0.15) is 5.41 Å². The molecule has 0 heterocycles. The molecule has 96 valence electrons. The lowest BCUT2D eigenvalue weighted by Gasteiger charge is -2.18. The van der Waals surface area contributed by atoms with Crippen LogP contribution in [0.4, 0.5) is 0 Å². The molecular formula is C13H14O5. The molecule has 5 heteroatoms. The van der Waals surface area contributed by atoms with E-state index in [1.807, 2.05) is 6.07 Å². The molecule has 0 amide bonds. The predicted molar refractivity (Wildman–Crippen MR) is 62.1 cm³/mol. The minimum atomic E-state index is -1.36. The second kappa shape index (κ2) is 4.42. The minimum absolute atomic E-state index is 0.279. The van der Waals surface area contributed by atoms with E-state index in [1.165, 1.54) is 0 Å². The molecule has 0 radical (unpaired) electrons. The first-order valence-electron chi connectivity index (χ1n) is 5.66. The summed E-state index contributed by atoms with van der Waals surface area (Å²) in [5.74, 6) is -2.64. The summed E-state index contributed by atoms with van der Waals surface area (Å²) in [5.41, 5.74) is -0.524. The molecule has 1 aromatic carbocycles. The molecule has 0 aromatic heterocycles. The molecule has 0 spiro atoms. The van der Waals surface area contributed by atoms with E-state index in [-0.39, 0.29) is 12.3 Å². The van der Waals surface area contributed by atoms with E-state index < -0.39 is 29.9 Å². The van der Waals surface area contributed by atoms with Gasteiger partial charge in [-0.05, 0) is 12.0 Å². The largest absolute Gasteiger partial charge is 0.481 e. The molecule has 1 aromatic rings. The number of aliphatic hydroxyl groups is 1. The van der Waals surface area contributed by atoms with Gasteiger partial charge in [0.2, 0.25) is 0 Å². The average molecular weight is 250 g/mol. The number of carboxylic acid groups (broad SMARTS) is 2. The van der Waals surface area contributed by atoms with Crippen molar-refractivity contribution in [3.63, 3.8) is 0 Å². The van der Waals surface area contributed by atoms with Crippen molar-refractivity contribution in [1.29, 1.82) is 0 Å². The number of aliphatic carboxylic acids is 2. The van der Waals surface area contributed by atoms with Gasteiger partial charge >= 0.3 is 11.9 Å². The van der Waals surface area contributed by atoms with Crippen molar-refractivity contribution in [2.45, 2.75) is 24.9 Å². The maximum Gasteiger partial charge on any atom is 0.312 e. The van der Waals surface area contributed by atoms with E-state index >= 15 is 0 Å². The average Bonchev–Trinajstić information content (AvgIpc) is 3.05. The summed E-state index contributed by atoms with van der Waals surface area (Å²) in [7, 11) is 0. The maximum atomic E-state index is 11.3. The van der Waals surface area contributed by atoms with Crippen LogP contribution in [-0.4, -0.2) is 33.4 Å². The first-order valence-corrected chi connectivity index (χ1v) is 5.66. The molecule has 2 unspecified atom stereocenters. The highest BCUT2D eigenvalue weighted by atomic mass is 16.4. The Morgan fingerprint density at radius 3 is 2.39 bits per heavy atom. The summed E-state index contributed by atoms with van der Waals surface area (Å²) in [4.78, 5) is 21.9. The van der Waals surface area contributed by atoms with Crippen LogP contribution in [-0.2, 0) is 9.59 Å². The van der Waals surface area contributed by atoms with Crippen molar-refractivity contribution < 1.29 is 24.9 Å². The van der Waals surface area contributed by atoms with Gasteiger partial charge in [-0.15, -0.1) is 0 Å². The predicted octanol–water partition coefficient (Wildman–Crippen LogP) is 1.08. The lowest BCUT2D eigenvalue weighted by atomic mass is 9.91. The summed E-state index contributed by atoms with van der Waals surface area (Å²) < 4.78 is 0. The summed E-state index contributed by atoms with van der Waals surface area (Å²) in [6.45, 7) is 0. The Labute approximate surface area is 104 Å². The molecule has 1 aliphatic carbocycles. The van der Waals surface area contributed by atoms with Gasteiger partial charge in [0, 0.05) is 5.92 Å². The Morgan fingerprint density at radius 1 is 1.28 bits per heavy atom. The van der Waals surface area contributed by atoms with Gasteiger partial charge in [0.05, 0.1) is 12.5 Å². The number of hydrogen-bond acceptors (Lipinski definition) is 3. The molecule has 18 heavy (non-hydrogen) atoms. The lowest BCUT2D eigenvalue weighted by molar-refractivity contribution is -0.151.